The number of anilines is 2. The number of carbonyl (C=O) groups excluding carboxylic acids is 1. The molecule has 3 rings (SSSR count). The third-order valence-electron chi connectivity index (χ3n) is 4.48. The molecule has 0 aromatic carbocycles. The highest BCUT2D eigenvalue weighted by Crippen LogP contribution is 2.40. The van der Waals surface area contributed by atoms with Gasteiger partial charge in [-0.1, -0.05) is 0 Å². The molecule has 0 atom stereocenters. The zero-order chi connectivity index (χ0) is 18.5. The molecular weight excluding hydrogens is 348 g/mol. The van der Waals surface area contributed by atoms with E-state index in [-0.39, 0.29) is 5.91 Å². The Bertz CT molecular complexity index is 802. The predicted molar refractivity (Wildman–Crippen MR) is 91.5 cm³/mol. The van der Waals surface area contributed by atoms with Crippen molar-refractivity contribution in [1.82, 2.24) is 14.7 Å². The molecule has 2 aliphatic rings. The third kappa shape index (κ3) is 3.67. The monoisotopic (exact) mass is 370 g/mol. The van der Waals surface area contributed by atoms with Gasteiger partial charge in [-0.25, -0.2) is 15.1 Å². The van der Waals surface area contributed by atoms with E-state index in [1.807, 2.05) is 11.8 Å². The van der Waals surface area contributed by atoms with Crippen molar-refractivity contribution >= 4 is 27.8 Å². The number of carbonyl (C=O) groups is 1. The van der Waals surface area contributed by atoms with Crippen molar-refractivity contribution in [3.05, 3.63) is 6.33 Å². The van der Waals surface area contributed by atoms with Crippen molar-refractivity contribution in [2.75, 3.05) is 23.3 Å². The maximum atomic E-state index is 12.0. The van der Waals surface area contributed by atoms with E-state index in [9.17, 15) is 13.2 Å². The first-order chi connectivity index (χ1) is 11.5. The molecule has 2 aliphatic heterocycles. The fourth-order valence-corrected chi connectivity index (χ4v) is 3.88. The molecule has 1 aromatic heterocycles. The third-order valence-corrected chi connectivity index (χ3v) is 5.25. The van der Waals surface area contributed by atoms with Crippen LogP contribution in [0.2, 0.25) is 0 Å². The topological polar surface area (TPSA) is 140 Å². The maximum Gasteiger partial charge on any atom is 0.274 e. The minimum atomic E-state index is -3.77. The summed E-state index contributed by atoms with van der Waals surface area (Å²) < 4.78 is 31.0. The second kappa shape index (κ2) is 5.78. The Morgan fingerprint density at radius 3 is 2.52 bits per heavy atom. The fourth-order valence-electron chi connectivity index (χ4n) is 2.99. The lowest BCUT2D eigenvalue weighted by Crippen LogP contribution is -2.55. The number of nitrogens with one attached hydrogen (secondary N) is 2. The van der Waals surface area contributed by atoms with Gasteiger partial charge in [-0.3, -0.25) is 4.79 Å². The lowest BCUT2D eigenvalue weighted by atomic mass is 9.91. The van der Waals surface area contributed by atoms with Crippen LogP contribution >= 0.6 is 0 Å². The molecule has 1 aromatic rings. The lowest BCUT2D eigenvalue weighted by Gasteiger charge is -2.41. The number of amides is 1. The Hall–Kier alpha value is -1.98. The molecule has 1 saturated heterocycles. The Morgan fingerprint density at radius 2 is 1.92 bits per heavy atom. The van der Waals surface area contributed by atoms with Crippen molar-refractivity contribution in [3.63, 3.8) is 0 Å². The van der Waals surface area contributed by atoms with Gasteiger partial charge < -0.3 is 15.0 Å². The molecule has 0 unspecified atom stereocenters. The van der Waals surface area contributed by atoms with Crippen molar-refractivity contribution < 1.29 is 17.9 Å². The van der Waals surface area contributed by atoms with Crippen LogP contribution in [0.4, 0.5) is 11.6 Å². The van der Waals surface area contributed by atoms with Gasteiger partial charge in [-0.15, -0.1) is 0 Å². The molecule has 3 heterocycles. The van der Waals surface area contributed by atoms with E-state index >= 15 is 0 Å². The van der Waals surface area contributed by atoms with E-state index in [1.54, 1.807) is 13.8 Å². The van der Waals surface area contributed by atoms with Gasteiger partial charge in [0.2, 0.25) is 5.75 Å². The van der Waals surface area contributed by atoms with Crippen LogP contribution in [-0.4, -0.2) is 48.5 Å². The maximum absolute atomic E-state index is 12.0. The Morgan fingerprint density at radius 1 is 1.28 bits per heavy atom. The van der Waals surface area contributed by atoms with Gasteiger partial charge in [0, 0.05) is 18.6 Å². The van der Waals surface area contributed by atoms with Crippen LogP contribution in [0.25, 0.3) is 0 Å². The average Bonchev–Trinajstić information content (AvgIpc) is 2.46. The molecule has 1 amide bonds. The van der Waals surface area contributed by atoms with Crippen LogP contribution in [0.15, 0.2) is 6.33 Å². The van der Waals surface area contributed by atoms with Crippen LogP contribution in [0.1, 0.15) is 33.6 Å². The minimum Gasteiger partial charge on any atom is -0.470 e. The first-order valence-electron chi connectivity index (χ1n) is 7.91. The number of hydrogen-bond donors (Lipinski definition) is 3. The molecule has 25 heavy (non-hydrogen) atoms. The highest BCUT2D eigenvalue weighted by atomic mass is 32.2. The van der Waals surface area contributed by atoms with Crippen molar-refractivity contribution in [2.45, 2.75) is 44.8 Å². The Labute approximate surface area is 146 Å². The zero-order valence-electron chi connectivity index (χ0n) is 14.4. The van der Waals surface area contributed by atoms with Gasteiger partial charge in [0.05, 0.1) is 0 Å². The van der Waals surface area contributed by atoms with E-state index < -0.39 is 21.3 Å². The van der Waals surface area contributed by atoms with Crippen molar-refractivity contribution in [1.29, 1.82) is 0 Å². The number of ether oxygens (including phenoxy) is 1. The van der Waals surface area contributed by atoms with Gasteiger partial charge >= 0.3 is 0 Å². The number of aromatic nitrogens is 2. The number of fused-ring (bicyclic) bond motifs is 1. The zero-order valence-corrected chi connectivity index (χ0v) is 15.2. The first-order valence-corrected chi connectivity index (χ1v) is 9.46. The smallest absolute Gasteiger partial charge is 0.274 e. The number of nitrogens with zero attached hydrogens (tertiary/aromatic N) is 3. The van der Waals surface area contributed by atoms with Crippen LogP contribution in [0.3, 0.4) is 0 Å². The molecule has 0 radical (unpaired) electrons. The SMILES string of the molecule is CC1(NS(N)(=O)=O)CCN(c2ncnc3c2OC(C)(C)C(=O)N3)CC1. The normalized spacial score (nSPS) is 21.9. The molecule has 4 N–H and O–H groups in total. The summed E-state index contributed by atoms with van der Waals surface area (Å²) in [6, 6.07) is 0. The van der Waals surface area contributed by atoms with Crippen LogP contribution in [-0.2, 0) is 15.0 Å². The molecule has 0 spiro atoms. The van der Waals surface area contributed by atoms with Crippen LogP contribution in [0, 0.1) is 0 Å². The van der Waals surface area contributed by atoms with E-state index in [0.717, 1.165) is 0 Å². The summed E-state index contributed by atoms with van der Waals surface area (Å²) >= 11 is 0. The summed E-state index contributed by atoms with van der Waals surface area (Å²) in [7, 11) is -3.77. The van der Waals surface area contributed by atoms with Crippen LogP contribution < -0.4 is 24.8 Å². The molecular formula is C14H22N6O4S. The quantitative estimate of drug-likeness (QED) is 0.666. The number of hydrogen-bond acceptors (Lipinski definition) is 7. The second-order valence-corrected chi connectivity index (χ2v) is 8.43. The van der Waals surface area contributed by atoms with Crippen molar-refractivity contribution in [3.8, 4) is 5.75 Å². The first kappa shape index (κ1) is 17.8. The van der Waals surface area contributed by atoms with Gasteiger partial charge in [0.15, 0.2) is 17.2 Å². The molecule has 0 aliphatic carbocycles. The minimum absolute atomic E-state index is 0.270. The largest absolute Gasteiger partial charge is 0.470 e. The van der Waals surface area contributed by atoms with E-state index in [0.29, 0.717) is 43.3 Å². The molecule has 138 valence electrons. The molecule has 1 fully saturated rings. The van der Waals surface area contributed by atoms with Gasteiger partial charge in [-0.05, 0) is 33.6 Å². The Balaban J connectivity index is 1.82. The summed E-state index contributed by atoms with van der Waals surface area (Å²) in [6.07, 6.45) is 2.47. The predicted octanol–water partition coefficient (Wildman–Crippen LogP) is -0.262. The summed E-state index contributed by atoms with van der Waals surface area (Å²) in [4.78, 5) is 22.4. The van der Waals surface area contributed by atoms with Crippen molar-refractivity contribution in [2.24, 2.45) is 5.14 Å². The van der Waals surface area contributed by atoms with Crippen LogP contribution in [0.5, 0.6) is 5.75 Å². The summed E-state index contributed by atoms with van der Waals surface area (Å²) in [5, 5.41) is 7.83. The van der Waals surface area contributed by atoms with E-state index in [4.69, 9.17) is 9.88 Å². The number of piperidine rings is 1. The summed E-state index contributed by atoms with van der Waals surface area (Å²) in [6.45, 7) is 6.28. The number of nitrogens with two attached hydrogens (primary N) is 1. The molecule has 0 saturated carbocycles. The van der Waals surface area contributed by atoms with Gasteiger partial charge in [0.25, 0.3) is 16.1 Å². The standard InChI is InChI=1S/C14H22N6O4S/c1-13(2)12(21)18-10-9(24-13)11(17-8-16-10)20-6-4-14(3,5-7-20)19-25(15,22)23/h8,19H,4-7H2,1-3H3,(H2,15,22,23)(H,16,17,18,21). The summed E-state index contributed by atoms with van der Waals surface area (Å²) in [5.74, 6) is 1.07. The number of rotatable bonds is 3. The summed E-state index contributed by atoms with van der Waals surface area (Å²) in [5.41, 5.74) is -1.63. The molecule has 0 bridgehead atoms. The highest BCUT2D eigenvalue weighted by molar-refractivity contribution is 7.87. The molecule has 10 nitrogen and oxygen atoms in total. The average molecular weight is 370 g/mol. The van der Waals surface area contributed by atoms with Gasteiger partial charge in [0.1, 0.15) is 6.33 Å². The van der Waals surface area contributed by atoms with Gasteiger partial charge in [-0.2, -0.15) is 13.1 Å². The fraction of sp³-hybridized carbons (Fsp3) is 0.643. The molecule has 11 heteroatoms. The highest BCUT2D eigenvalue weighted by Gasteiger charge is 2.40. The Kier molecular flexibility index (Phi) is 4.12. The second-order valence-electron chi connectivity index (χ2n) is 7.14. The van der Waals surface area contributed by atoms with E-state index in [1.165, 1.54) is 6.33 Å². The lowest BCUT2D eigenvalue weighted by molar-refractivity contribution is -0.129. The van der Waals surface area contributed by atoms with E-state index in [2.05, 4.69) is 20.0 Å².